The zero-order valence-electron chi connectivity index (χ0n) is 9.11. The van der Waals surface area contributed by atoms with E-state index in [2.05, 4.69) is 9.97 Å². The molecule has 0 saturated carbocycles. The monoisotopic (exact) mass is 213 g/mol. The van der Waals surface area contributed by atoms with Crippen LogP contribution in [0.15, 0.2) is 29.1 Å². The van der Waals surface area contributed by atoms with Crippen LogP contribution in [0.5, 0.6) is 0 Å². The normalized spacial score (nSPS) is 11.4. The Kier molecular flexibility index (Phi) is 1.68. The van der Waals surface area contributed by atoms with Gasteiger partial charge in [0, 0.05) is 12.4 Å². The maximum absolute atomic E-state index is 11.5. The molecule has 0 fully saturated rings. The summed E-state index contributed by atoms with van der Waals surface area (Å²) in [6, 6.07) is 7.97. The summed E-state index contributed by atoms with van der Waals surface area (Å²) < 4.78 is 1.58. The van der Waals surface area contributed by atoms with E-state index in [1.807, 2.05) is 31.2 Å². The molecular formula is C12H11N3O. The molecule has 0 unspecified atom stereocenters. The number of hydrogen-bond acceptors (Lipinski definition) is 2. The zero-order valence-corrected chi connectivity index (χ0v) is 9.11. The van der Waals surface area contributed by atoms with Crippen molar-refractivity contribution in [1.29, 1.82) is 0 Å². The van der Waals surface area contributed by atoms with Gasteiger partial charge >= 0.3 is 5.69 Å². The van der Waals surface area contributed by atoms with Crippen LogP contribution in [0.1, 0.15) is 5.56 Å². The van der Waals surface area contributed by atoms with Crippen molar-refractivity contribution in [3.8, 4) is 0 Å². The highest BCUT2D eigenvalue weighted by Crippen LogP contribution is 2.20. The lowest BCUT2D eigenvalue weighted by molar-refractivity contribution is 0.892. The van der Waals surface area contributed by atoms with Crippen molar-refractivity contribution in [3.63, 3.8) is 0 Å². The largest absolute Gasteiger partial charge is 0.327 e. The van der Waals surface area contributed by atoms with Crippen molar-refractivity contribution in [2.45, 2.75) is 6.92 Å². The van der Waals surface area contributed by atoms with Crippen molar-refractivity contribution in [3.05, 3.63) is 40.3 Å². The van der Waals surface area contributed by atoms with Gasteiger partial charge in [0.1, 0.15) is 0 Å². The molecule has 0 amide bonds. The topological polar surface area (TPSA) is 50.7 Å². The Balaban J connectivity index is 2.59. The van der Waals surface area contributed by atoms with E-state index in [1.54, 1.807) is 11.6 Å². The molecule has 1 aromatic carbocycles. The third-order valence-corrected chi connectivity index (χ3v) is 2.95. The second-order valence-corrected chi connectivity index (χ2v) is 3.99. The quantitative estimate of drug-likeness (QED) is 0.618. The van der Waals surface area contributed by atoms with Gasteiger partial charge < -0.3 is 0 Å². The summed E-state index contributed by atoms with van der Waals surface area (Å²) in [5, 5.41) is 1.09. The van der Waals surface area contributed by atoms with Crippen LogP contribution in [0.4, 0.5) is 0 Å². The van der Waals surface area contributed by atoms with Gasteiger partial charge in [-0.3, -0.25) is 9.55 Å². The number of fused-ring (bicyclic) bond motifs is 2. The van der Waals surface area contributed by atoms with Gasteiger partial charge in [0.15, 0.2) is 5.65 Å². The fraction of sp³-hybridized carbons (Fsp3) is 0.167. The molecule has 0 aliphatic rings. The molecule has 0 spiro atoms. The summed E-state index contributed by atoms with van der Waals surface area (Å²) in [5.41, 5.74) is 3.43. The molecule has 80 valence electrons. The highest BCUT2D eigenvalue weighted by atomic mass is 16.1. The van der Waals surface area contributed by atoms with E-state index in [-0.39, 0.29) is 5.69 Å². The fourth-order valence-corrected chi connectivity index (χ4v) is 1.98. The lowest BCUT2D eigenvalue weighted by Gasteiger charge is -2.01. The summed E-state index contributed by atoms with van der Waals surface area (Å²) >= 11 is 0. The Morgan fingerprint density at radius 3 is 3.00 bits per heavy atom. The summed E-state index contributed by atoms with van der Waals surface area (Å²) in [6.07, 6.45) is 0. The van der Waals surface area contributed by atoms with E-state index in [0.717, 1.165) is 16.4 Å². The number of nitrogens with zero attached hydrogens (tertiary/aromatic N) is 2. The number of rotatable bonds is 0. The van der Waals surface area contributed by atoms with E-state index < -0.39 is 0 Å². The summed E-state index contributed by atoms with van der Waals surface area (Å²) in [4.78, 5) is 18.6. The molecule has 0 radical (unpaired) electrons. The first-order chi connectivity index (χ1) is 7.66. The lowest BCUT2D eigenvalue weighted by Crippen LogP contribution is -2.11. The third-order valence-electron chi connectivity index (χ3n) is 2.95. The number of imidazole rings is 1. The van der Waals surface area contributed by atoms with Gasteiger partial charge in [-0.1, -0.05) is 12.1 Å². The number of hydrogen-bond donors (Lipinski definition) is 1. The van der Waals surface area contributed by atoms with E-state index >= 15 is 0 Å². The third kappa shape index (κ3) is 1.10. The predicted octanol–water partition coefficient (Wildman–Crippen LogP) is 1.72. The standard InChI is InChI=1S/C12H11N3O/c1-7-4-3-5-9-8(7)6-10-11(13-9)14-12(16)15(10)2/h3-6H,1-2H3,(H,13,14,16). The van der Waals surface area contributed by atoms with E-state index in [1.165, 1.54) is 5.56 Å². The van der Waals surface area contributed by atoms with Gasteiger partial charge in [-0.15, -0.1) is 0 Å². The Hall–Kier alpha value is -2.10. The Labute approximate surface area is 91.5 Å². The van der Waals surface area contributed by atoms with Crippen LogP contribution < -0.4 is 5.69 Å². The van der Waals surface area contributed by atoms with Crippen molar-refractivity contribution in [2.24, 2.45) is 7.05 Å². The molecule has 2 heterocycles. The fourth-order valence-electron chi connectivity index (χ4n) is 1.98. The molecule has 0 bridgehead atoms. The first kappa shape index (κ1) is 9.15. The molecule has 1 N–H and O–H groups in total. The molecular weight excluding hydrogens is 202 g/mol. The average molecular weight is 213 g/mol. The number of nitrogens with one attached hydrogen (secondary N) is 1. The minimum atomic E-state index is -0.129. The van der Waals surface area contributed by atoms with Crippen LogP contribution in [-0.4, -0.2) is 14.5 Å². The highest BCUT2D eigenvalue weighted by Gasteiger charge is 2.07. The van der Waals surface area contributed by atoms with Crippen molar-refractivity contribution < 1.29 is 0 Å². The Morgan fingerprint density at radius 2 is 2.19 bits per heavy atom. The minimum absolute atomic E-state index is 0.129. The van der Waals surface area contributed by atoms with Crippen molar-refractivity contribution >= 4 is 22.1 Å². The molecule has 4 nitrogen and oxygen atoms in total. The average Bonchev–Trinajstić information content (AvgIpc) is 2.53. The van der Waals surface area contributed by atoms with Crippen LogP contribution in [0.3, 0.4) is 0 Å². The molecule has 2 aromatic heterocycles. The van der Waals surface area contributed by atoms with Crippen LogP contribution in [0.25, 0.3) is 22.1 Å². The van der Waals surface area contributed by atoms with Gasteiger partial charge in [-0.05, 0) is 24.6 Å². The summed E-state index contributed by atoms with van der Waals surface area (Å²) in [6.45, 7) is 2.04. The maximum Gasteiger partial charge on any atom is 0.327 e. The Bertz CT molecular complexity index is 752. The number of aromatic nitrogens is 3. The number of pyridine rings is 1. The molecule has 0 aliphatic heterocycles. The van der Waals surface area contributed by atoms with Gasteiger partial charge in [0.05, 0.1) is 11.0 Å². The van der Waals surface area contributed by atoms with Crippen molar-refractivity contribution in [2.75, 3.05) is 0 Å². The van der Waals surface area contributed by atoms with E-state index in [9.17, 15) is 4.79 Å². The maximum atomic E-state index is 11.5. The number of aromatic amines is 1. The smallest absolute Gasteiger partial charge is 0.294 e. The number of H-pyrrole nitrogens is 1. The predicted molar refractivity (Wildman–Crippen MR) is 63.6 cm³/mol. The molecule has 0 saturated heterocycles. The van der Waals surface area contributed by atoms with E-state index in [0.29, 0.717) is 5.65 Å². The van der Waals surface area contributed by atoms with Gasteiger partial charge in [0.2, 0.25) is 0 Å². The van der Waals surface area contributed by atoms with Crippen molar-refractivity contribution in [1.82, 2.24) is 14.5 Å². The number of aryl methyl sites for hydroxylation is 2. The molecule has 0 atom stereocenters. The summed E-state index contributed by atoms with van der Waals surface area (Å²) in [5.74, 6) is 0. The molecule has 16 heavy (non-hydrogen) atoms. The number of benzene rings is 1. The molecule has 0 aliphatic carbocycles. The Morgan fingerprint density at radius 1 is 1.38 bits per heavy atom. The second-order valence-electron chi connectivity index (χ2n) is 3.99. The highest BCUT2D eigenvalue weighted by molar-refractivity contribution is 5.91. The SMILES string of the molecule is Cc1cccc2nc3[nH]c(=O)n(C)c3cc12. The molecule has 3 rings (SSSR count). The van der Waals surface area contributed by atoms with Gasteiger partial charge in [-0.25, -0.2) is 9.78 Å². The second kappa shape index (κ2) is 2.95. The first-order valence-electron chi connectivity index (χ1n) is 5.12. The minimum Gasteiger partial charge on any atom is -0.294 e. The summed E-state index contributed by atoms with van der Waals surface area (Å²) in [7, 11) is 1.74. The van der Waals surface area contributed by atoms with Crippen LogP contribution in [0, 0.1) is 6.92 Å². The van der Waals surface area contributed by atoms with Crippen LogP contribution >= 0.6 is 0 Å². The lowest BCUT2D eigenvalue weighted by atomic mass is 10.1. The molecule has 4 heteroatoms. The zero-order chi connectivity index (χ0) is 11.3. The van der Waals surface area contributed by atoms with E-state index in [4.69, 9.17) is 0 Å². The van der Waals surface area contributed by atoms with Gasteiger partial charge in [-0.2, -0.15) is 0 Å². The van der Waals surface area contributed by atoms with Gasteiger partial charge in [0.25, 0.3) is 0 Å². The molecule has 3 aromatic rings. The van der Waals surface area contributed by atoms with Crippen LogP contribution in [-0.2, 0) is 7.05 Å². The first-order valence-corrected chi connectivity index (χ1v) is 5.12. The van der Waals surface area contributed by atoms with Crippen LogP contribution in [0.2, 0.25) is 0 Å².